The first kappa shape index (κ1) is 21.8. The second-order valence-electron chi connectivity index (χ2n) is 8.90. The number of piperidine rings is 1. The fourth-order valence-electron chi connectivity index (χ4n) is 5.07. The summed E-state index contributed by atoms with van der Waals surface area (Å²) in [6, 6.07) is 14.7. The summed E-state index contributed by atoms with van der Waals surface area (Å²) in [6.45, 7) is 3.90. The lowest BCUT2D eigenvalue weighted by molar-refractivity contribution is -0.119. The molecule has 1 N–H and O–H groups in total. The lowest BCUT2D eigenvalue weighted by Crippen LogP contribution is -2.41. The average Bonchev–Trinajstić information content (AvgIpc) is 3.18. The van der Waals surface area contributed by atoms with Gasteiger partial charge in [-0.15, -0.1) is 0 Å². The van der Waals surface area contributed by atoms with Crippen LogP contribution in [0, 0.1) is 17.7 Å². The smallest absolute Gasteiger partial charge is 0.228 e. The van der Waals surface area contributed by atoms with Gasteiger partial charge in [-0.2, -0.15) is 0 Å². The number of nitrogens with one attached hydrogen (secondary N) is 1. The van der Waals surface area contributed by atoms with Crippen LogP contribution in [0.4, 0.5) is 10.1 Å². The molecule has 0 unspecified atom stereocenters. The van der Waals surface area contributed by atoms with Gasteiger partial charge in [0.15, 0.2) is 0 Å². The lowest BCUT2D eigenvalue weighted by Gasteiger charge is -2.37. The molecule has 0 aromatic heterocycles. The zero-order chi connectivity index (χ0) is 21.8. The largest absolute Gasteiger partial charge is 0.497 e. The highest BCUT2D eigenvalue weighted by atomic mass is 19.1. The van der Waals surface area contributed by atoms with Crippen molar-refractivity contribution in [1.29, 1.82) is 0 Å². The van der Waals surface area contributed by atoms with Crippen LogP contribution in [-0.4, -0.2) is 55.5 Å². The van der Waals surface area contributed by atoms with Crippen molar-refractivity contribution in [3.63, 3.8) is 0 Å². The van der Waals surface area contributed by atoms with E-state index in [1.807, 2.05) is 12.1 Å². The summed E-state index contributed by atoms with van der Waals surface area (Å²) >= 11 is 0. The van der Waals surface area contributed by atoms with Crippen LogP contribution in [0.3, 0.4) is 0 Å². The molecule has 1 amide bonds. The highest BCUT2D eigenvalue weighted by Crippen LogP contribution is 2.34. The molecule has 6 heteroatoms. The summed E-state index contributed by atoms with van der Waals surface area (Å²) in [4.78, 5) is 17.6. The second kappa shape index (κ2) is 9.79. The molecule has 2 aromatic carbocycles. The first-order valence-electron chi connectivity index (χ1n) is 11.1. The number of hydrogen-bond acceptors (Lipinski definition) is 4. The minimum absolute atomic E-state index is 0.0186. The molecule has 0 aliphatic carbocycles. The van der Waals surface area contributed by atoms with Crippen LogP contribution in [0.15, 0.2) is 48.5 Å². The van der Waals surface area contributed by atoms with Gasteiger partial charge in [-0.1, -0.05) is 12.1 Å². The van der Waals surface area contributed by atoms with Crippen molar-refractivity contribution >= 4 is 11.6 Å². The predicted octanol–water partition coefficient (Wildman–Crippen LogP) is 4.01. The molecule has 0 bridgehead atoms. The second-order valence-corrected chi connectivity index (χ2v) is 8.90. The third-order valence-corrected chi connectivity index (χ3v) is 6.80. The zero-order valence-electron chi connectivity index (χ0n) is 18.4. The fourth-order valence-corrected chi connectivity index (χ4v) is 5.07. The van der Waals surface area contributed by atoms with E-state index < -0.39 is 0 Å². The number of hydrogen-bond donors (Lipinski definition) is 1. The minimum atomic E-state index is -0.295. The molecule has 2 aliphatic heterocycles. The van der Waals surface area contributed by atoms with Crippen LogP contribution in [-0.2, 0) is 11.3 Å². The number of carbonyl (C=O) groups excluding carboxylic acids is 1. The van der Waals surface area contributed by atoms with Crippen molar-refractivity contribution in [1.82, 2.24) is 9.80 Å². The van der Waals surface area contributed by atoms with Crippen molar-refractivity contribution in [3.05, 3.63) is 59.9 Å². The predicted molar refractivity (Wildman–Crippen MR) is 121 cm³/mol. The van der Waals surface area contributed by atoms with Crippen molar-refractivity contribution in [2.45, 2.75) is 31.8 Å². The molecule has 4 rings (SSSR count). The summed E-state index contributed by atoms with van der Waals surface area (Å²) in [5.41, 5.74) is 1.94. The number of anilines is 1. The van der Waals surface area contributed by atoms with Crippen molar-refractivity contribution in [3.8, 4) is 5.75 Å². The first-order chi connectivity index (χ1) is 15.0. The van der Waals surface area contributed by atoms with E-state index in [1.54, 1.807) is 19.2 Å². The number of likely N-dealkylation sites (tertiary alicyclic amines) is 2. The van der Waals surface area contributed by atoms with Crippen LogP contribution in [0.1, 0.15) is 24.8 Å². The molecule has 166 valence electrons. The third kappa shape index (κ3) is 5.43. The Morgan fingerprint density at radius 3 is 2.61 bits per heavy atom. The Morgan fingerprint density at radius 2 is 1.90 bits per heavy atom. The van der Waals surface area contributed by atoms with E-state index in [2.05, 4.69) is 34.3 Å². The van der Waals surface area contributed by atoms with Crippen LogP contribution in [0.2, 0.25) is 0 Å². The molecule has 2 saturated heterocycles. The summed E-state index contributed by atoms with van der Waals surface area (Å²) in [5, 5.41) is 2.95. The summed E-state index contributed by atoms with van der Waals surface area (Å²) in [5.74, 6) is 1.25. The van der Waals surface area contributed by atoms with E-state index in [0.717, 1.165) is 51.2 Å². The summed E-state index contributed by atoms with van der Waals surface area (Å²) < 4.78 is 18.4. The maximum atomic E-state index is 13.1. The number of benzene rings is 2. The van der Waals surface area contributed by atoms with E-state index in [9.17, 15) is 9.18 Å². The molecular weight excluding hydrogens is 393 g/mol. The van der Waals surface area contributed by atoms with Gasteiger partial charge in [0, 0.05) is 24.8 Å². The fraction of sp³-hybridized carbons (Fsp3) is 0.480. The van der Waals surface area contributed by atoms with E-state index in [1.165, 1.54) is 17.7 Å². The lowest BCUT2D eigenvalue weighted by atomic mass is 9.86. The number of halogens is 1. The number of rotatable bonds is 6. The SMILES string of the molecule is COc1cccc(CN2CCC([C@H]3C[C@@H](C(=O)Nc4ccc(F)cc4)CN3C)CC2)c1. The molecular formula is C25H32FN3O2. The Bertz CT molecular complexity index is 881. The highest BCUT2D eigenvalue weighted by Gasteiger charge is 2.39. The van der Waals surface area contributed by atoms with Gasteiger partial charge in [0.1, 0.15) is 11.6 Å². The number of carbonyl (C=O) groups is 1. The zero-order valence-corrected chi connectivity index (χ0v) is 18.4. The van der Waals surface area contributed by atoms with Gasteiger partial charge in [0.2, 0.25) is 5.91 Å². The van der Waals surface area contributed by atoms with Crippen LogP contribution in [0.5, 0.6) is 5.75 Å². The Morgan fingerprint density at radius 1 is 1.16 bits per heavy atom. The number of methoxy groups -OCH3 is 1. The van der Waals surface area contributed by atoms with Gasteiger partial charge >= 0.3 is 0 Å². The number of nitrogens with zero attached hydrogens (tertiary/aromatic N) is 2. The average molecular weight is 426 g/mol. The molecule has 2 fully saturated rings. The Kier molecular flexibility index (Phi) is 6.88. The van der Waals surface area contributed by atoms with Crippen LogP contribution < -0.4 is 10.1 Å². The van der Waals surface area contributed by atoms with E-state index in [-0.39, 0.29) is 17.6 Å². The molecule has 31 heavy (non-hydrogen) atoms. The standard InChI is InChI=1S/C25H32FN3O2/c1-28-17-20(25(30)27-22-8-6-21(26)7-9-22)15-24(28)19-10-12-29(13-11-19)16-18-4-3-5-23(14-18)31-2/h3-9,14,19-20,24H,10-13,15-17H2,1-2H3,(H,27,30)/t20-,24-/m1/s1. The van der Waals surface area contributed by atoms with Gasteiger partial charge in [-0.25, -0.2) is 4.39 Å². The third-order valence-electron chi connectivity index (χ3n) is 6.80. The molecule has 0 saturated carbocycles. The van der Waals surface area contributed by atoms with Gasteiger partial charge in [-0.05, 0) is 87.3 Å². The molecule has 2 aromatic rings. The Labute approximate surface area is 184 Å². The quantitative estimate of drug-likeness (QED) is 0.760. The summed E-state index contributed by atoms with van der Waals surface area (Å²) in [6.07, 6.45) is 3.21. The summed E-state index contributed by atoms with van der Waals surface area (Å²) in [7, 11) is 3.84. The van der Waals surface area contributed by atoms with Crippen molar-refractivity contribution in [2.24, 2.45) is 11.8 Å². The Hall–Kier alpha value is -2.44. The number of ether oxygens (including phenoxy) is 1. The molecule has 2 atom stereocenters. The molecule has 0 spiro atoms. The van der Waals surface area contributed by atoms with Crippen molar-refractivity contribution in [2.75, 3.05) is 39.1 Å². The molecule has 2 heterocycles. The molecule has 2 aliphatic rings. The van der Waals surface area contributed by atoms with Gasteiger partial charge < -0.3 is 15.0 Å². The maximum absolute atomic E-state index is 13.1. The highest BCUT2D eigenvalue weighted by molar-refractivity contribution is 5.92. The normalized spacial score (nSPS) is 23.1. The maximum Gasteiger partial charge on any atom is 0.228 e. The monoisotopic (exact) mass is 425 g/mol. The van der Waals surface area contributed by atoms with Gasteiger partial charge in [0.25, 0.3) is 0 Å². The van der Waals surface area contributed by atoms with E-state index >= 15 is 0 Å². The molecule has 0 radical (unpaired) electrons. The van der Waals surface area contributed by atoms with Gasteiger partial charge in [-0.3, -0.25) is 9.69 Å². The Balaban J connectivity index is 1.27. The van der Waals surface area contributed by atoms with Crippen molar-refractivity contribution < 1.29 is 13.9 Å². The van der Waals surface area contributed by atoms with E-state index in [4.69, 9.17) is 4.74 Å². The minimum Gasteiger partial charge on any atom is -0.497 e. The topological polar surface area (TPSA) is 44.8 Å². The molecule has 5 nitrogen and oxygen atoms in total. The van der Waals surface area contributed by atoms with E-state index in [0.29, 0.717) is 17.6 Å². The van der Waals surface area contributed by atoms with Crippen LogP contribution >= 0.6 is 0 Å². The van der Waals surface area contributed by atoms with Gasteiger partial charge in [0.05, 0.1) is 13.0 Å². The van der Waals surface area contributed by atoms with Crippen LogP contribution in [0.25, 0.3) is 0 Å². The number of amides is 1. The first-order valence-corrected chi connectivity index (χ1v) is 11.1.